The summed E-state index contributed by atoms with van der Waals surface area (Å²) in [5.74, 6) is -2.74. The second-order valence-electron chi connectivity index (χ2n) is 6.85. The van der Waals surface area contributed by atoms with Gasteiger partial charge in [0.15, 0.2) is 11.6 Å². The molecule has 2 aliphatic rings. The molecule has 2 amide bonds. The van der Waals surface area contributed by atoms with Crippen molar-refractivity contribution in [1.82, 2.24) is 14.5 Å². The van der Waals surface area contributed by atoms with Crippen molar-refractivity contribution in [3.05, 3.63) is 63.6 Å². The normalized spacial score (nSPS) is 16.2. The Morgan fingerprint density at radius 2 is 1.90 bits per heavy atom. The van der Waals surface area contributed by atoms with Crippen LogP contribution in [0.2, 0.25) is 0 Å². The van der Waals surface area contributed by atoms with E-state index < -0.39 is 34.7 Å². The Kier molecular flexibility index (Phi) is 3.95. The molecule has 29 heavy (non-hydrogen) atoms. The highest BCUT2D eigenvalue weighted by Crippen LogP contribution is 2.55. The molecule has 3 heterocycles. The van der Waals surface area contributed by atoms with Crippen LogP contribution in [-0.2, 0) is 10.3 Å². The summed E-state index contributed by atoms with van der Waals surface area (Å²) in [7, 11) is 0. The van der Waals surface area contributed by atoms with E-state index in [1.54, 1.807) is 29.0 Å². The molecule has 1 aliphatic heterocycles. The van der Waals surface area contributed by atoms with Gasteiger partial charge in [0.25, 0.3) is 11.8 Å². The van der Waals surface area contributed by atoms with Gasteiger partial charge in [0.2, 0.25) is 5.95 Å². The number of rotatable bonds is 3. The van der Waals surface area contributed by atoms with Crippen molar-refractivity contribution in [1.29, 1.82) is 0 Å². The third-order valence-corrected chi connectivity index (χ3v) is 5.82. The molecule has 7 nitrogen and oxygen atoms in total. The van der Waals surface area contributed by atoms with Crippen molar-refractivity contribution >= 4 is 51.9 Å². The molecule has 1 aliphatic carbocycles. The Morgan fingerprint density at radius 3 is 2.52 bits per heavy atom. The van der Waals surface area contributed by atoms with E-state index in [1.807, 2.05) is 22.6 Å². The molecule has 0 bridgehead atoms. The lowest BCUT2D eigenvalue weighted by Crippen LogP contribution is -2.31. The lowest BCUT2D eigenvalue weighted by atomic mass is 10.1. The Morgan fingerprint density at radius 1 is 1.17 bits per heavy atom. The summed E-state index contributed by atoms with van der Waals surface area (Å²) >= 11 is 2.04. The van der Waals surface area contributed by atoms with E-state index >= 15 is 0 Å². The number of nitrogens with one attached hydrogen (secondary N) is 1. The standard InChI is InChI=1S/C19H12F2IN5O2/c20-11-7-10(16(28)25-14-3-1-2-6-23-14)8-12(21)15(11)26-17(29)19(4-5-19)27-13(22)9-24-18(26)27/h1-3,6-9H,4-5H2,(H,23,25,28). The van der Waals surface area contributed by atoms with Crippen LogP contribution >= 0.6 is 22.6 Å². The van der Waals surface area contributed by atoms with Gasteiger partial charge in [-0.15, -0.1) is 0 Å². The second kappa shape index (κ2) is 6.31. The van der Waals surface area contributed by atoms with E-state index in [0.717, 1.165) is 20.7 Å². The van der Waals surface area contributed by atoms with Crippen molar-refractivity contribution in [3.8, 4) is 0 Å². The molecule has 1 N–H and O–H groups in total. The summed E-state index contributed by atoms with van der Waals surface area (Å²) < 4.78 is 32.3. The maximum absolute atomic E-state index is 14.9. The molecule has 2 aromatic heterocycles. The van der Waals surface area contributed by atoms with Crippen molar-refractivity contribution in [3.63, 3.8) is 0 Å². The van der Waals surface area contributed by atoms with Crippen LogP contribution in [0.3, 0.4) is 0 Å². The Balaban J connectivity index is 1.53. The average molecular weight is 507 g/mol. The van der Waals surface area contributed by atoms with Crippen LogP contribution in [0, 0.1) is 15.3 Å². The first-order valence-corrected chi connectivity index (χ1v) is 9.80. The van der Waals surface area contributed by atoms with Gasteiger partial charge in [-0.25, -0.2) is 23.6 Å². The molecular formula is C19H12F2IN5O2. The first kappa shape index (κ1) is 18.2. The number of carbonyl (C=O) groups is 2. The SMILES string of the molecule is O=C(Nc1ccccn1)c1cc(F)c(N2C(=O)C3(CC3)n3c(I)cnc32)c(F)c1. The van der Waals surface area contributed by atoms with Gasteiger partial charge in [0.05, 0.1) is 6.20 Å². The number of hydrogen-bond acceptors (Lipinski definition) is 4. The van der Waals surface area contributed by atoms with Crippen LogP contribution in [0.15, 0.2) is 42.7 Å². The molecule has 1 spiro atoms. The van der Waals surface area contributed by atoms with Crippen LogP contribution in [0.1, 0.15) is 23.2 Å². The van der Waals surface area contributed by atoms with Gasteiger partial charge in [-0.3, -0.25) is 14.2 Å². The highest BCUT2D eigenvalue weighted by molar-refractivity contribution is 14.1. The zero-order chi connectivity index (χ0) is 20.3. The predicted molar refractivity (Wildman–Crippen MR) is 108 cm³/mol. The molecule has 0 atom stereocenters. The number of carbonyl (C=O) groups excluding carboxylic acids is 2. The van der Waals surface area contributed by atoms with Crippen LogP contribution in [0.5, 0.6) is 0 Å². The zero-order valence-electron chi connectivity index (χ0n) is 14.7. The summed E-state index contributed by atoms with van der Waals surface area (Å²) in [4.78, 5) is 34.4. The summed E-state index contributed by atoms with van der Waals surface area (Å²) in [6.07, 6.45) is 4.22. The number of amides is 2. The first-order valence-electron chi connectivity index (χ1n) is 8.72. The van der Waals surface area contributed by atoms with Crippen LogP contribution < -0.4 is 10.2 Å². The van der Waals surface area contributed by atoms with Gasteiger partial charge < -0.3 is 5.32 Å². The zero-order valence-corrected chi connectivity index (χ0v) is 16.9. The number of nitrogens with zero attached hydrogens (tertiary/aromatic N) is 4. The lowest BCUT2D eigenvalue weighted by molar-refractivity contribution is -0.120. The molecule has 0 unspecified atom stereocenters. The number of halogens is 3. The molecule has 10 heteroatoms. The number of imidazole rings is 1. The molecule has 0 radical (unpaired) electrons. The summed E-state index contributed by atoms with van der Waals surface area (Å²) in [6.45, 7) is 0. The van der Waals surface area contributed by atoms with Gasteiger partial charge in [-0.2, -0.15) is 0 Å². The molecule has 1 aromatic carbocycles. The quantitative estimate of drug-likeness (QED) is 0.550. The van der Waals surface area contributed by atoms with E-state index in [0.29, 0.717) is 12.8 Å². The Labute approximate surface area is 176 Å². The number of pyridine rings is 1. The van der Waals surface area contributed by atoms with Crippen LogP contribution in [-0.4, -0.2) is 26.3 Å². The minimum absolute atomic E-state index is 0.181. The van der Waals surface area contributed by atoms with E-state index in [-0.39, 0.29) is 17.3 Å². The van der Waals surface area contributed by atoms with E-state index in [4.69, 9.17) is 0 Å². The van der Waals surface area contributed by atoms with Gasteiger partial charge in [0, 0.05) is 11.8 Å². The van der Waals surface area contributed by atoms with Crippen molar-refractivity contribution in [2.45, 2.75) is 18.4 Å². The fraction of sp³-hybridized carbons (Fsp3) is 0.158. The third kappa shape index (κ3) is 2.65. The maximum Gasteiger partial charge on any atom is 0.260 e. The topological polar surface area (TPSA) is 80.1 Å². The van der Waals surface area contributed by atoms with Crippen molar-refractivity contribution in [2.75, 3.05) is 10.2 Å². The minimum Gasteiger partial charge on any atom is -0.307 e. The molecule has 3 aromatic rings. The largest absolute Gasteiger partial charge is 0.307 e. The number of anilines is 3. The molecule has 0 saturated heterocycles. The summed E-state index contributed by atoms with van der Waals surface area (Å²) in [6, 6.07) is 6.70. The summed E-state index contributed by atoms with van der Waals surface area (Å²) in [5.41, 5.74) is -1.56. The molecule has 146 valence electrons. The fourth-order valence-corrected chi connectivity index (χ4v) is 4.38. The van der Waals surface area contributed by atoms with Crippen LogP contribution in [0.25, 0.3) is 0 Å². The smallest absolute Gasteiger partial charge is 0.260 e. The number of aromatic nitrogens is 3. The van der Waals surface area contributed by atoms with E-state index in [1.165, 1.54) is 6.20 Å². The molecule has 1 saturated carbocycles. The van der Waals surface area contributed by atoms with E-state index in [2.05, 4.69) is 15.3 Å². The third-order valence-electron chi connectivity index (χ3n) is 5.06. The van der Waals surface area contributed by atoms with Gasteiger partial charge in [0.1, 0.15) is 20.7 Å². The Bertz CT molecular complexity index is 1150. The Hall–Kier alpha value is -2.89. The monoisotopic (exact) mass is 507 g/mol. The molecule has 1 fully saturated rings. The second-order valence-corrected chi connectivity index (χ2v) is 7.95. The predicted octanol–water partition coefficient (Wildman–Crippen LogP) is 3.58. The van der Waals surface area contributed by atoms with Gasteiger partial charge in [-0.1, -0.05) is 6.07 Å². The van der Waals surface area contributed by atoms with Gasteiger partial charge in [-0.05, 0) is 59.7 Å². The van der Waals surface area contributed by atoms with Gasteiger partial charge >= 0.3 is 0 Å². The maximum atomic E-state index is 14.9. The highest BCUT2D eigenvalue weighted by Gasteiger charge is 2.61. The lowest BCUT2D eigenvalue weighted by Gasteiger charge is -2.17. The highest BCUT2D eigenvalue weighted by atomic mass is 127. The minimum atomic E-state index is -1.02. The number of hydrogen-bond donors (Lipinski definition) is 1. The first-order chi connectivity index (χ1) is 13.9. The van der Waals surface area contributed by atoms with Crippen molar-refractivity contribution in [2.24, 2.45) is 0 Å². The molecular weight excluding hydrogens is 495 g/mol. The summed E-state index contributed by atoms with van der Waals surface area (Å²) in [5, 5.41) is 2.47. The van der Waals surface area contributed by atoms with Crippen LogP contribution in [0.4, 0.5) is 26.2 Å². The average Bonchev–Trinajstić information content (AvgIpc) is 3.35. The number of fused-ring (bicyclic) bond motifs is 2. The van der Waals surface area contributed by atoms with E-state index in [9.17, 15) is 18.4 Å². The van der Waals surface area contributed by atoms with Crippen molar-refractivity contribution < 1.29 is 18.4 Å². The fourth-order valence-electron chi connectivity index (χ4n) is 3.56. The number of benzene rings is 1. The molecule has 5 rings (SSSR count).